The van der Waals surface area contributed by atoms with Crippen LogP contribution in [0.15, 0.2) is 71.7 Å². The fourth-order valence-corrected chi connectivity index (χ4v) is 3.73. The van der Waals surface area contributed by atoms with Gasteiger partial charge < -0.3 is 24.3 Å². The highest BCUT2D eigenvalue weighted by Gasteiger charge is 2.25. The first kappa shape index (κ1) is 21.2. The first-order chi connectivity index (χ1) is 16.2. The minimum absolute atomic E-state index is 0.0621. The number of nitrogens with zero attached hydrogens (tertiary/aromatic N) is 3. The van der Waals surface area contributed by atoms with E-state index in [1.54, 1.807) is 13.2 Å². The molecule has 1 aromatic heterocycles. The van der Waals surface area contributed by atoms with E-state index in [2.05, 4.69) is 20.3 Å². The molecule has 0 fully saturated rings. The quantitative estimate of drug-likeness (QED) is 0.484. The molecule has 1 aliphatic carbocycles. The lowest BCUT2D eigenvalue weighted by Crippen LogP contribution is -2.21. The van der Waals surface area contributed by atoms with Gasteiger partial charge >= 0.3 is 0 Å². The number of rotatable bonds is 8. The van der Waals surface area contributed by atoms with Crippen molar-refractivity contribution in [1.82, 2.24) is 9.97 Å². The molecular formula is C24H21ClN4O4. The van der Waals surface area contributed by atoms with Gasteiger partial charge in [-0.15, -0.1) is 0 Å². The number of allylic oxidation sites excluding steroid dienone is 1. The average Bonchev–Trinajstić information content (AvgIpc) is 3.29. The lowest BCUT2D eigenvalue weighted by molar-refractivity contribution is 0.146. The Morgan fingerprint density at radius 3 is 2.94 bits per heavy atom. The number of aromatic nitrogens is 2. The molecule has 9 heteroatoms. The van der Waals surface area contributed by atoms with Crippen LogP contribution in [-0.4, -0.2) is 48.8 Å². The van der Waals surface area contributed by atoms with Gasteiger partial charge in [0.2, 0.25) is 0 Å². The zero-order valence-corrected chi connectivity index (χ0v) is 18.5. The molecule has 0 bridgehead atoms. The molecular weight excluding hydrogens is 444 g/mol. The number of nitrogens with one attached hydrogen (secondary N) is 1. The van der Waals surface area contributed by atoms with Crippen LogP contribution < -0.4 is 14.8 Å². The van der Waals surface area contributed by atoms with Crippen LogP contribution >= 0.6 is 11.6 Å². The molecule has 0 saturated heterocycles. The first-order valence-corrected chi connectivity index (χ1v) is 10.8. The maximum atomic E-state index is 6.51. The van der Waals surface area contributed by atoms with E-state index < -0.39 is 0 Å². The largest absolute Gasteiger partial charge is 0.491 e. The van der Waals surface area contributed by atoms with Crippen LogP contribution in [0.1, 0.15) is 0 Å². The maximum Gasteiger partial charge on any atom is 0.171 e. The summed E-state index contributed by atoms with van der Waals surface area (Å²) < 4.78 is 22.1. The van der Waals surface area contributed by atoms with Gasteiger partial charge in [-0.25, -0.2) is 15.0 Å². The monoisotopic (exact) mass is 464 g/mol. The molecule has 2 atom stereocenters. The lowest BCUT2D eigenvalue weighted by Gasteiger charge is -2.17. The molecule has 2 aromatic carbocycles. The number of aliphatic imine (C=N–C) groups is 1. The number of hydrogen-bond donors (Lipinski definition) is 1. The third kappa shape index (κ3) is 4.76. The Morgan fingerprint density at radius 2 is 2.06 bits per heavy atom. The molecule has 0 radical (unpaired) electrons. The standard InChI is InChI=1S/C24H21ClN4O4/c1-30-8-9-31-16-3-5-20-18(11-16)24(27-13-26-20)29-15-2-6-22(19(25)10-15)33-17-4-7-23-21(12-17)28-14-32-23/h2-7,10-14,21,23H,8-9H2,1H3,(H,26,27,29). The van der Waals surface area contributed by atoms with Crippen LogP contribution in [0.3, 0.4) is 0 Å². The Balaban J connectivity index is 1.33. The van der Waals surface area contributed by atoms with Crippen molar-refractivity contribution in [2.24, 2.45) is 4.99 Å². The van der Waals surface area contributed by atoms with Gasteiger partial charge in [0.25, 0.3) is 0 Å². The van der Waals surface area contributed by atoms with Crippen LogP contribution in [0.25, 0.3) is 10.9 Å². The van der Waals surface area contributed by atoms with Gasteiger partial charge in [-0.05, 0) is 54.6 Å². The summed E-state index contributed by atoms with van der Waals surface area (Å²) in [6.45, 7) is 0.970. The topological polar surface area (TPSA) is 87.1 Å². The molecule has 5 rings (SSSR count). The van der Waals surface area contributed by atoms with Gasteiger partial charge in [0.05, 0.1) is 17.1 Å². The van der Waals surface area contributed by atoms with Gasteiger partial charge in [0.15, 0.2) is 6.40 Å². The summed E-state index contributed by atoms with van der Waals surface area (Å²) in [5, 5.41) is 4.60. The number of methoxy groups -OCH3 is 1. The Morgan fingerprint density at radius 1 is 1.12 bits per heavy atom. The van der Waals surface area contributed by atoms with E-state index in [0.29, 0.717) is 41.3 Å². The second kappa shape index (κ2) is 9.48. The fraction of sp³-hybridized carbons (Fsp3) is 0.208. The van der Waals surface area contributed by atoms with Gasteiger partial charge in [-0.1, -0.05) is 11.6 Å². The predicted octanol–water partition coefficient (Wildman–Crippen LogP) is 4.68. The number of anilines is 2. The first-order valence-electron chi connectivity index (χ1n) is 10.4. The summed E-state index contributed by atoms with van der Waals surface area (Å²) in [6, 6.07) is 11.1. The van der Waals surface area contributed by atoms with Crippen molar-refractivity contribution in [2.75, 3.05) is 25.6 Å². The van der Waals surface area contributed by atoms with E-state index >= 15 is 0 Å². The van der Waals surface area contributed by atoms with Gasteiger partial charge in [0, 0.05) is 18.2 Å². The van der Waals surface area contributed by atoms with Crippen molar-refractivity contribution >= 4 is 40.4 Å². The molecule has 1 N–H and O–H groups in total. The van der Waals surface area contributed by atoms with E-state index in [4.69, 9.17) is 30.5 Å². The average molecular weight is 465 g/mol. The summed E-state index contributed by atoms with van der Waals surface area (Å²) in [7, 11) is 1.64. The zero-order chi connectivity index (χ0) is 22.6. The van der Waals surface area contributed by atoms with Gasteiger partial charge in [-0.3, -0.25) is 0 Å². The number of hydrogen-bond acceptors (Lipinski definition) is 8. The summed E-state index contributed by atoms with van der Waals surface area (Å²) in [5.41, 5.74) is 1.56. The third-order valence-electron chi connectivity index (χ3n) is 5.16. The van der Waals surface area contributed by atoms with Crippen molar-refractivity contribution in [2.45, 2.75) is 12.1 Å². The number of benzene rings is 2. The minimum Gasteiger partial charge on any atom is -0.491 e. The van der Waals surface area contributed by atoms with Crippen molar-refractivity contribution in [3.8, 4) is 11.5 Å². The molecule has 0 spiro atoms. The van der Waals surface area contributed by atoms with E-state index in [-0.39, 0.29) is 12.1 Å². The van der Waals surface area contributed by atoms with Crippen LogP contribution in [0.2, 0.25) is 5.02 Å². The number of ether oxygens (including phenoxy) is 4. The van der Waals surface area contributed by atoms with Crippen LogP contribution in [0.4, 0.5) is 11.5 Å². The van der Waals surface area contributed by atoms with Crippen LogP contribution in [-0.2, 0) is 9.47 Å². The Bertz CT molecular complexity index is 1260. The van der Waals surface area contributed by atoms with Gasteiger partial charge in [0.1, 0.15) is 48.2 Å². The van der Waals surface area contributed by atoms with Gasteiger partial charge in [-0.2, -0.15) is 0 Å². The molecule has 2 aliphatic rings. The molecule has 8 nitrogen and oxygen atoms in total. The summed E-state index contributed by atoms with van der Waals surface area (Å²) in [5.74, 6) is 2.57. The Labute approximate surface area is 195 Å². The molecule has 0 saturated carbocycles. The zero-order valence-electron chi connectivity index (χ0n) is 17.8. The number of fused-ring (bicyclic) bond motifs is 2. The fourth-order valence-electron chi connectivity index (χ4n) is 3.51. The molecule has 33 heavy (non-hydrogen) atoms. The van der Waals surface area contributed by atoms with Crippen molar-refractivity contribution < 1.29 is 18.9 Å². The summed E-state index contributed by atoms with van der Waals surface area (Å²) >= 11 is 6.51. The normalized spacial score (nSPS) is 18.5. The molecule has 1 aliphatic heterocycles. The van der Waals surface area contributed by atoms with E-state index in [1.165, 1.54) is 12.7 Å². The molecule has 3 aromatic rings. The van der Waals surface area contributed by atoms with E-state index in [9.17, 15) is 0 Å². The molecule has 2 unspecified atom stereocenters. The minimum atomic E-state index is -0.0702. The van der Waals surface area contributed by atoms with E-state index in [0.717, 1.165) is 16.6 Å². The second-order valence-corrected chi connectivity index (χ2v) is 7.80. The highest BCUT2D eigenvalue weighted by molar-refractivity contribution is 6.32. The van der Waals surface area contributed by atoms with Crippen LogP contribution in [0.5, 0.6) is 11.5 Å². The lowest BCUT2D eigenvalue weighted by atomic mass is 10.1. The van der Waals surface area contributed by atoms with Crippen molar-refractivity contribution in [1.29, 1.82) is 0 Å². The molecule has 0 amide bonds. The Kier molecular flexibility index (Phi) is 6.10. The molecule has 2 heterocycles. The molecule has 168 valence electrons. The third-order valence-corrected chi connectivity index (χ3v) is 5.45. The van der Waals surface area contributed by atoms with Crippen LogP contribution in [0, 0.1) is 0 Å². The Hall–Kier alpha value is -3.62. The maximum absolute atomic E-state index is 6.51. The van der Waals surface area contributed by atoms with Crippen molar-refractivity contribution in [3.05, 3.63) is 71.7 Å². The highest BCUT2D eigenvalue weighted by atomic mass is 35.5. The highest BCUT2D eigenvalue weighted by Crippen LogP contribution is 2.33. The predicted molar refractivity (Wildman–Crippen MR) is 127 cm³/mol. The van der Waals surface area contributed by atoms with E-state index in [1.807, 2.05) is 48.6 Å². The second-order valence-electron chi connectivity index (χ2n) is 7.39. The SMILES string of the molecule is COCCOc1ccc2ncnc(Nc3ccc(OC4=CC5N=COC5C=C4)c(Cl)c3)c2c1. The summed E-state index contributed by atoms with van der Waals surface area (Å²) in [6.07, 6.45) is 8.61. The van der Waals surface area contributed by atoms with Crippen molar-refractivity contribution in [3.63, 3.8) is 0 Å². The summed E-state index contributed by atoms with van der Waals surface area (Å²) in [4.78, 5) is 13.0. The smallest absolute Gasteiger partial charge is 0.171 e. The number of halogens is 1.